The first kappa shape index (κ1) is 33.0. The van der Waals surface area contributed by atoms with E-state index in [9.17, 15) is 19.5 Å². The lowest BCUT2D eigenvalue weighted by Gasteiger charge is -2.49. The summed E-state index contributed by atoms with van der Waals surface area (Å²) < 4.78 is 5.36. The van der Waals surface area contributed by atoms with Crippen LogP contribution < -0.4 is 14.5 Å². The smallest absolute Gasteiger partial charge is 0.246 e. The Balaban J connectivity index is 1.32. The maximum absolute atomic E-state index is 15.2. The molecule has 0 unspecified atom stereocenters. The molecule has 8 rings (SSSR count). The molecule has 0 radical (unpaired) electrons. The van der Waals surface area contributed by atoms with Crippen LogP contribution in [0.25, 0.3) is 6.08 Å². The van der Waals surface area contributed by atoms with E-state index in [4.69, 9.17) is 27.9 Å². The number of phenolic OH excluding ortho intramolecular Hbond substituents is 1. The first-order chi connectivity index (χ1) is 24.6. The van der Waals surface area contributed by atoms with E-state index >= 15 is 4.79 Å². The average molecular weight is 720 g/mol. The number of anilines is 2. The van der Waals surface area contributed by atoms with Crippen LogP contribution in [-0.2, 0) is 24.6 Å². The van der Waals surface area contributed by atoms with E-state index in [2.05, 4.69) is 0 Å². The Morgan fingerprint density at radius 2 is 1.55 bits per heavy atom. The molecule has 4 amide bonds. The number of methoxy groups -OCH3 is 1. The number of ether oxygens (including phenoxy) is 1. The second kappa shape index (κ2) is 12.5. The number of aromatic hydroxyl groups is 1. The van der Waals surface area contributed by atoms with Gasteiger partial charge >= 0.3 is 0 Å². The van der Waals surface area contributed by atoms with Crippen molar-refractivity contribution in [1.29, 1.82) is 0 Å². The zero-order chi connectivity index (χ0) is 35.6. The zero-order valence-electron chi connectivity index (χ0n) is 27.4. The molecule has 6 atom stereocenters. The lowest BCUT2D eigenvalue weighted by atomic mass is 9.50. The molecule has 1 N–H and O–H groups in total. The van der Waals surface area contributed by atoms with Crippen LogP contribution in [0.4, 0.5) is 11.4 Å². The van der Waals surface area contributed by atoms with Crippen molar-refractivity contribution >= 4 is 64.3 Å². The number of imide groups is 2. The number of allylic oxidation sites excluding steroid dienone is 3. The van der Waals surface area contributed by atoms with Gasteiger partial charge in [0, 0.05) is 16.0 Å². The number of carbonyl (C=O) groups is 4. The third-order valence-corrected chi connectivity index (χ3v) is 11.5. The Bertz CT molecular complexity index is 2170. The number of hydrogen-bond donors (Lipinski definition) is 1. The predicted molar refractivity (Wildman–Crippen MR) is 194 cm³/mol. The van der Waals surface area contributed by atoms with Gasteiger partial charge in [0.15, 0.2) is 11.5 Å². The van der Waals surface area contributed by atoms with E-state index in [1.807, 2.05) is 48.6 Å². The summed E-state index contributed by atoms with van der Waals surface area (Å²) in [6.45, 7) is 0. The number of carbonyl (C=O) groups excluding carboxylic acids is 4. The SMILES string of the molecule is COc1cc(C=C[C@H]2C3=CC[C@@H]4C(=O)N(c5ccc(Cl)cc5)C(=O)[C@@H]4[C@@H]3C[C@H]3C(=O)N(c4cccc(Cl)c4)C(=O)[C@@]23c2ccccc2)ccc1O. The van der Waals surface area contributed by atoms with Crippen molar-refractivity contribution in [3.05, 3.63) is 136 Å². The van der Waals surface area contributed by atoms with Crippen LogP contribution in [-0.4, -0.2) is 35.8 Å². The van der Waals surface area contributed by atoms with Crippen molar-refractivity contribution < 1.29 is 29.0 Å². The van der Waals surface area contributed by atoms with E-state index in [1.165, 1.54) is 23.0 Å². The van der Waals surface area contributed by atoms with Gasteiger partial charge in [0.05, 0.1) is 41.7 Å². The maximum atomic E-state index is 15.2. The summed E-state index contributed by atoms with van der Waals surface area (Å²) in [4.78, 5) is 60.9. The summed E-state index contributed by atoms with van der Waals surface area (Å²) in [6.07, 6.45) is 6.28. The molecule has 10 heteroatoms. The third-order valence-electron chi connectivity index (χ3n) is 11.0. The predicted octanol–water partition coefficient (Wildman–Crippen LogP) is 7.62. The van der Waals surface area contributed by atoms with Crippen LogP contribution in [0.2, 0.25) is 10.0 Å². The Hall–Kier alpha value is -5.18. The third kappa shape index (κ3) is 5.03. The minimum absolute atomic E-state index is 0.0161. The molecule has 2 aliphatic heterocycles. The van der Waals surface area contributed by atoms with Crippen LogP contribution in [0.15, 0.2) is 115 Å². The number of halogens is 2. The number of phenols is 1. The molecule has 4 aromatic carbocycles. The van der Waals surface area contributed by atoms with E-state index < -0.39 is 35.0 Å². The number of amides is 4. The monoisotopic (exact) mass is 718 g/mol. The lowest BCUT2D eigenvalue weighted by Crippen LogP contribution is -2.54. The summed E-state index contributed by atoms with van der Waals surface area (Å²) in [5, 5.41) is 11.1. The second-order valence-corrected chi connectivity index (χ2v) is 14.3. The molecule has 51 heavy (non-hydrogen) atoms. The van der Waals surface area contributed by atoms with E-state index in [0.29, 0.717) is 39.0 Å². The maximum Gasteiger partial charge on any atom is 0.246 e. The first-order valence-electron chi connectivity index (χ1n) is 16.7. The minimum atomic E-state index is -1.38. The molecule has 2 aliphatic carbocycles. The van der Waals surface area contributed by atoms with Crippen molar-refractivity contribution in [2.75, 3.05) is 16.9 Å². The average Bonchev–Trinajstić information content (AvgIpc) is 3.53. The highest BCUT2D eigenvalue weighted by Gasteiger charge is 2.69. The number of rotatable bonds is 6. The van der Waals surface area contributed by atoms with Gasteiger partial charge in [-0.1, -0.05) is 89.5 Å². The van der Waals surface area contributed by atoms with Crippen LogP contribution >= 0.6 is 23.2 Å². The molecule has 256 valence electrons. The number of fused-ring (bicyclic) bond motifs is 4. The summed E-state index contributed by atoms with van der Waals surface area (Å²) in [7, 11) is 1.47. The second-order valence-electron chi connectivity index (χ2n) is 13.4. The van der Waals surface area contributed by atoms with Gasteiger partial charge in [0.25, 0.3) is 0 Å². The van der Waals surface area contributed by atoms with Crippen LogP contribution in [0.3, 0.4) is 0 Å². The van der Waals surface area contributed by atoms with Crippen molar-refractivity contribution in [3.8, 4) is 11.5 Å². The van der Waals surface area contributed by atoms with Gasteiger partial charge in [0.2, 0.25) is 23.6 Å². The van der Waals surface area contributed by atoms with E-state index in [1.54, 1.807) is 60.7 Å². The van der Waals surface area contributed by atoms with Crippen molar-refractivity contribution in [2.24, 2.45) is 29.6 Å². The molecule has 8 nitrogen and oxygen atoms in total. The van der Waals surface area contributed by atoms with Crippen molar-refractivity contribution in [3.63, 3.8) is 0 Å². The quantitative estimate of drug-likeness (QED) is 0.163. The minimum Gasteiger partial charge on any atom is -0.504 e. The first-order valence-corrected chi connectivity index (χ1v) is 17.5. The normalized spacial score (nSPS) is 27.0. The van der Waals surface area contributed by atoms with Gasteiger partial charge in [-0.25, -0.2) is 4.90 Å². The van der Waals surface area contributed by atoms with Gasteiger partial charge in [-0.15, -0.1) is 0 Å². The molecule has 4 aromatic rings. The van der Waals surface area contributed by atoms with Gasteiger partial charge in [-0.3, -0.25) is 24.1 Å². The van der Waals surface area contributed by atoms with Crippen LogP contribution in [0.1, 0.15) is 24.0 Å². The van der Waals surface area contributed by atoms with Gasteiger partial charge in [-0.05, 0) is 84.5 Å². The Morgan fingerprint density at radius 1 is 0.784 bits per heavy atom. The highest BCUT2D eigenvalue weighted by atomic mass is 35.5. The molecule has 2 heterocycles. The molecule has 1 saturated carbocycles. The van der Waals surface area contributed by atoms with Gasteiger partial charge in [-0.2, -0.15) is 0 Å². The fourth-order valence-corrected chi connectivity index (χ4v) is 9.15. The molecular weight excluding hydrogens is 687 g/mol. The van der Waals surface area contributed by atoms with Crippen LogP contribution in [0, 0.1) is 29.6 Å². The van der Waals surface area contributed by atoms with E-state index in [0.717, 1.165) is 5.57 Å². The molecule has 3 fully saturated rings. The highest BCUT2D eigenvalue weighted by molar-refractivity contribution is 6.32. The molecule has 0 spiro atoms. The Kier molecular flexibility index (Phi) is 8.12. The molecule has 0 bridgehead atoms. The number of nitrogens with zero attached hydrogens (tertiary/aromatic N) is 2. The van der Waals surface area contributed by atoms with Gasteiger partial charge < -0.3 is 9.84 Å². The topological polar surface area (TPSA) is 104 Å². The fraction of sp³-hybridized carbons (Fsp3) is 0.220. The number of hydrogen-bond acceptors (Lipinski definition) is 6. The fourth-order valence-electron chi connectivity index (χ4n) is 8.84. The van der Waals surface area contributed by atoms with Crippen molar-refractivity contribution in [2.45, 2.75) is 18.3 Å². The highest BCUT2D eigenvalue weighted by Crippen LogP contribution is 2.62. The molecule has 4 aliphatic rings. The Morgan fingerprint density at radius 3 is 2.27 bits per heavy atom. The summed E-state index contributed by atoms with van der Waals surface area (Å²) in [6, 6.07) is 27.6. The molecular formula is C41H32Cl2N2O6. The summed E-state index contributed by atoms with van der Waals surface area (Å²) >= 11 is 12.5. The summed E-state index contributed by atoms with van der Waals surface area (Å²) in [5.74, 6) is -4.53. The largest absolute Gasteiger partial charge is 0.504 e. The van der Waals surface area contributed by atoms with E-state index in [-0.39, 0.29) is 41.5 Å². The van der Waals surface area contributed by atoms with Gasteiger partial charge in [0.1, 0.15) is 0 Å². The lowest BCUT2D eigenvalue weighted by molar-refractivity contribution is -0.128. The zero-order valence-corrected chi connectivity index (χ0v) is 28.9. The van der Waals surface area contributed by atoms with Crippen LogP contribution in [0.5, 0.6) is 11.5 Å². The Labute approximate surface area is 304 Å². The molecule has 0 aromatic heterocycles. The molecule has 2 saturated heterocycles. The summed E-state index contributed by atoms with van der Waals surface area (Å²) in [5.41, 5.74) is 1.64. The van der Waals surface area contributed by atoms with Crippen molar-refractivity contribution in [1.82, 2.24) is 0 Å². The standard InChI is InChI=1S/C41H32Cl2N2O6/c1-51-35-20-23(11-19-34(35)46)10-18-32-29-16-17-30-36(39(49)44(37(30)47)27-14-12-25(42)13-15-27)31(29)22-33-38(48)45(28-9-5-8-26(43)21-28)40(50)41(32,33)24-6-3-2-4-7-24/h2-16,18-21,30-33,36,46H,17,22H2,1H3/t30-,31+,32-,33-,36-,41-/m0/s1. The number of benzene rings is 4.